The van der Waals surface area contributed by atoms with Gasteiger partial charge < -0.3 is 5.73 Å². The van der Waals surface area contributed by atoms with Gasteiger partial charge >= 0.3 is 0 Å². The standard InChI is InChI=1S/C8H11NS/c1-6(7(2)9)8-4-3-5-10-8/h3-5H,9H2,1-2H3. The molecule has 10 heavy (non-hydrogen) atoms. The maximum Gasteiger partial charge on any atom is 0.0316 e. The summed E-state index contributed by atoms with van der Waals surface area (Å²) in [6.07, 6.45) is 0. The molecule has 0 bridgehead atoms. The van der Waals surface area contributed by atoms with E-state index in [-0.39, 0.29) is 0 Å². The van der Waals surface area contributed by atoms with Gasteiger partial charge in [-0.15, -0.1) is 11.3 Å². The lowest BCUT2D eigenvalue weighted by atomic mass is 10.2. The molecule has 0 saturated heterocycles. The van der Waals surface area contributed by atoms with E-state index in [0.717, 1.165) is 5.70 Å². The Kier molecular flexibility index (Phi) is 2.12. The number of allylic oxidation sites excluding steroid dienone is 2. The molecule has 0 fully saturated rings. The van der Waals surface area contributed by atoms with Gasteiger partial charge in [0.2, 0.25) is 0 Å². The summed E-state index contributed by atoms with van der Waals surface area (Å²) in [5.74, 6) is 0. The maximum atomic E-state index is 5.61. The Labute approximate surface area is 65.2 Å². The first kappa shape index (κ1) is 7.35. The smallest absolute Gasteiger partial charge is 0.0316 e. The van der Waals surface area contributed by atoms with E-state index >= 15 is 0 Å². The van der Waals surface area contributed by atoms with E-state index in [1.54, 1.807) is 11.3 Å². The average Bonchev–Trinajstić information content (AvgIpc) is 2.36. The van der Waals surface area contributed by atoms with Gasteiger partial charge in [-0.2, -0.15) is 0 Å². The van der Waals surface area contributed by atoms with Crippen LogP contribution in [0.2, 0.25) is 0 Å². The molecule has 1 aromatic rings. The summed E-state index contributed by atoms with van der Waals surface area (Å²) < 4.78 is 0. The fraction of sp³-hybridized carbons (Fsp3) is 0.250. The lowest BCUT2D eigenvalue weighted by Gasteiger charge is -1.97. The van der Waals surface area contributed by atoms with E-state index in [9.17, 15) is 0 Å². The van der Waals surface area contributed by atoms with Crippen LogP contribution >= 0.6 is 11.3 Å². The number of rotatable bonds is 1. The molecule has 0 aliphatic carbocycles. The summed E-state index contributed by atoms with van der Waals surface area (Å²) in [4.78, 5) is 1.26. The highest BCUT2D eigenvalue weighted by atomic mass is 32.1. The highest BCUT2D eigenvalue weighted by Gasteiger charge is 1.96. The number of hydrogen-bond donors (Lipinski definition) is 1. The third kappa shape index (κ3) is 1.39. The van der Waals surface area contributed by atoms with Crippen molar-refractivity contribution in [1.82, 2.24) is 0 Å². The van der Waals surface area contributed by atoms with Gasteiger partial charge in [-0.05, 0) is 30.9 Å². The van der Waals surface area contributed by atoms with Gasteiger partial charge in [0.15, 0.2) is 0 Å². The quantitative estimate of drug-likeness (QED) is 0.659. The van der Waals surface area contributed by atoms with Crippen molar-refractivity contribution in [2.45, 2.75) is 13.8 Å². The molecule has 2 N–H and O–H groups in total. The van der Waals surface area contributed by atoms with Crippen molar-refractivity contribution in [2.75, 3.05) is 0 Å². The van der Waals surface area contributed by atoms with Crippen LogP contribution in [-0.4, -0.2) is 0 Å². The topological polar surface area (TPSA) is 26.0 Å². The summed E-state index contributed by atoms with van der Waals surface area (Å²) in [7, 11) is 0. The number of thiophene rings is 1. The molecule has 0 atom stereocenters. The van der Waals surface area contributed by atoms with Crippen molar-refractivity contribution in [3.8, 4) is 0 Å². The van der Waals surface area contributed by atoms with Crippen molar-refractivity contribution in [1.29, 1.82) is 0 Å². The Balaban J connectivity index is 2.99. The molecule has 1 nitrogen and oxygen atoms in total. The molecule has 0 aliphatic rings. The average molecular weight is 153 g/mol. The second-order valence-electron chi connectivity index (χ2n) is 2.29. The summed E-state index contributed by atoms with van der Waals surface area (Å²) in [6, 6.07) is 4.11. The lowest BCUT2D eigenvalue weighted by Crippen LogP contribution is -1.93. The van der Waals surface area contributed by atoms with Crippen LogP contribution in [-0.2, 0) is 0 Å². The van der Waals surface area contributed by atoms with Crippen molar-refractivity contribution < 1.29 is 0 Å². The first-order chi connectivity index (χ1) is 4.72. The molecule has 1 heterocycles. The zero-order valence-electron chi connectivity index (χ0n) is 6.22. The molecule has 0 amide bonds. The fourth-order valence-corrected chi connectivity index (χ4v) is 1.48. The van der Waals surface area contributed by atoms with Crippen molar-refractivity contribution in [3.05, 3.63) is 28.1 Å². The molecule has 0 spiro atoms. The van der Waals surface area contributed by atoms with E-state index in [0.29, 0.717) is 0 Å². The molecular formula is C8H11NS. The van der Waals surface area contributed by atoms with Gasteiger partial charge in [-0.25, -0.2) is 0 Å². The number of nitrogens with two attached hydrogens (primary N) is 1. The largest absolute Gasteiger partial charge is 0.402 e. The molecule has 0 unspecified atom stereocenters. The van der Waals surface area contributed by atoms with E-state index in [4.69, 9.17) is 5.73 Å². The Bertz CT molecular complexity index is 230. The van der Waals surface area contributed by atoms with Crippen LogP contribution in [0.5, 0.6) is 0 Å². The van der Waals surface area contributed by atoms with Gasteiger partial charge in [-0.1, -0.05) is 6.07 Å². The van der Waals surface area contributed by atoms with Gasteiger partial charge in [0.05, 0.1) is 0 Å². The van der Waals surface area contributed by atoms with E-state index in [1.165, 1.54) is 10.5 Å². The highest BCUT2D eigenvalue weighted by molar-refractivity contribution is 7.11. The predicted molar refractivity (Wildman–Crippen MR) is 46.8 cm³/mol. The lowest BCUT2D eigenvalue weighted by molar-refractivity contribution is 1.31. The zero-order chi connectivity index (χ0) is 7.56. The maximum absolute atomic E-state index is 5.61. The van der Waals surface area contributed by atoms with E-state index in [2.05, 4.69) is 11.4 Å². The molecule has 0 saturated carbocycles. The minimum absolute atomic E-state index is 0.905. The normalized spacial score (nSPS) is 13.0. The molecule has 0 aliphatic heterocycles. The number of hydrogen-bond acceptors (Lipinski definition) is 2. The van der Waals surface area contributed by atoms with E-state index < -0.39 is 0 Å². The highest BCUT2D eigenvalue weighted by Crippen LogP contribution is 2.20. The van der Waals surface area contributed by atoms with Crippen LogP contribution in [0.3, 0.4) is 0 Å². The Morgan fingerprint density at radius 2 is 2.20 bits per heavy atom. The molecular weight excluding hydrogens is 142 g/mol. The zero-order valence-corrected chi connectivity index (χ0v) is 7.03. The fourth-order valence-electron chi connectivity index (χ4n) is 0.686. The SMILES string of the molecule is CC(N)=C(C)c1cccs1. The summed E-state index contributed by atoms with van der Waals surface area (Å²) in [5, 5.41) is 2.06. The summed E-state index contributed by atoms with van der Waals surface area (Å²) >= 11 is 1.72. The molecule has 54 valence electrons. The Morgan fingerprint density at radius 3 is 2.60 bits per heavy atom. The first-order valence-electron chi connectivity index (χ1n) is 3.18. The minimum atomic E-state index is 0.905. The van der Waals surface area contributed by atoms with Crippen molar-refractivity contribution >= 4 is 16.9 Å². The van der Waals surface area contributed by atoms with Crippen LogP contribution in [0.15, 0.2) is 23.2 Å². The van der Waals surface area contributed by atoms with Crippen molar-refractivity contribution in [3.63, 3.8) is 0 Å². The third-order valence-corrected chi connectivity index (χ3v) is 2.47. The monoisotopic (exact) mass is 153 g/mol. The van der Waals surface area contributed by atoms with E-state index in [1.807, 2.05) is 19.9 Å². The molecule has 1 rings (SSSR count). The van der Waals surface area contributed by atoms with Crippen LogP contribution in [0.25, 0.3) is 5.57 Å². The first-order valence-corrected chi connectivity index (χ1v) is 4.06. The molecule has 1 aromatic heterocycles. The summed E-state index contributed by atoms with van der Waals surface area (Å²) in [5.41, 5.74) is 7.71. The molecule has 0 radical (unpaired) electrons. The predicted octanol–water partition coefficient (Wildman–Crippen LogP) is 2.46. The minimum Gasteiger partial charge on any atom is -0.402 e. The van der Waals surface area contributed by atoms with Gasteiger partial charge in [-0.3, -0.25) is 0 Å². The van der Waals surface area contributed by atoms with Crippen LogP contribution in [0.4, 0.5) is 0 Å². The summed E-state index contributed by atoms with van der Waals surface area (Å²) in [6.45, 7) is 3.97. The van der Waals surface area contributed by atoms with Gasteiger partial charge in [0, 0.05) is 10.6 Å². The van der Waals surface area contributed by atoms with Gasteiger partial charge in [0.25, 0.3) is 0 Å². The second-order valence-corrected chi connectivity index (χ2v) is 3.23. The third-order valence-electron chi connectivity index (χ3n) is 1.48. The van der Waals surface area contributed by atoms with Gasteiger partial charge in [0.1, 0.15) is 0 Å². The van der Waals surface area contributed by atoms with Crippen LogP contribution < -0.4 is 5.73 Å². The Hall–Kier alpha value is -0.760. The molecule has 0 aromatic carbocycles. The van der Waals surface area contributed by atoms with Crippen molar-refractivity contribution in [2.24, 2.45) is 5.73 Å². The Morgan fingerprint density at radius 1 is 1.50 bits per heavy atom. The van der Waals surface area contributed by atoms with Crippen LogP contribution in [0, 0.1) is 0 Å². The molecule has 2 heteroatoms. The van der Waals surface area contributed by atoms with Crippen LogP contribution in [0.1, 0.15) is 18.7 Å². The second kappa shape index (κ2) is 2.88.